The predicted molar refractivity (Wildman–Crippen MR) is 76.5 cm³/mol. The lowest BCUT2D eigenvalue weighted by molar-refractivity contribution is 0.720. The van der Waals surface area contributed by atoms with Crippen LogP contribution in [0.4, 0.5) is 0 Å². The second-order valence-electron chi connectivity index (χ2n) is 5.10. The van der Waals surface area contributed by atoms with Gasteiger partial charge in [-0.3, -0.25) is 0 Å². The van der Waals surface area contributed by atoms with Crippen LogP contribution in [0.2, 0.25) is 0 Å². The van der Waals surface area contributed by atoms with Crippen molar-refractivity contribution in [3.8, 4) is 0 Å². The topological polar surface area (TPSA) is 28.7 Å². The molecule has 0 aliphatic heterocycles. The number of rotatable bonds is 2. The van der Waals surface area contributed by atoms with Crippen LogP contribution in [0.15, 0.2) is 24.4 Å². The Morgan fingerprint density at radius 2 is 2.22 bits per heavy atom. The van der Waals surface area contributed by atoms with E-state index in [9.17, 15) is 0 Å². The fourth-order valence-corrected chi connectivity index (χ4v) is 2.82. The lowest BCUT2D eigenvalue weighted by atomic mass is 10.1. The molecule has 1 aliphatic carbocycles. The molecule has 2 nitrogen and oxygen atoms in total. The summed E-state index contributed by atoms with van der Waals surface area (Å²) < 4.78 is 0. The molecule has 0 fully saturated rings. The number of hydrogen-bond acceptors (Lipinski definition) is 1. The van der Waals surface area contributed by atoms with Crippen LogP contribution >= 0.6 is 0 Å². The van der Waals surface area contributed by atoms with Crippen molar-refractivity contribution in [3.05, 3.63) is 35.7 Å². The Bertz CT molecular complexity index is 578. The Kier molecular flexibility index (Phi) is 3.18. The first-order valence-electron chi connectivity index (χ1n) is 7.04. The molecule has 0 atom stereocenters. The highest BCUT2D eigenvalue weighted by molar-refractivity contribution is 5.84. The molecular formula is C16H20N2. The van der Waals surface area contributed by atoms with E-state index >= 15 is 0 Å². The quantitative estimate of drug-likeness (QED) is 0.824. The highest BCUT2D eigenvalue weighted by Gasteiger charge is 2.10. The van der Waals surface area contributed by atoms with Crippen LogP contribution in [-0.4, -0.2) is 9.97 Å². The SMILES string of the molecule is CCc1ccnc2[nH]c(C3=CCCCCC3)cc12. The van der Waals surface area contributed by atoms with Crippen molar-refractivity contribution in [2.45, 2.75) is 45.4 Å². The minimum atomic E-state index is 1.04. The molecule has 0 radical (unpaired) electrons. The third kappa shape index (κ3) is 2.07. The highest BCUT2D eigenvalue weighted by Crippen LogP contribution is 2.28. The molecule has 2 heterocycles. The van der Waals surface area contributed by atoms with E-state index in [1.807, 2.05) is 6.20 Å². The van der Waals surface area contributed by atoms with Gasteiger partial charge in [-0.05, 0) is 55.4 Å². The first kappa shape index (κ1) is 11.5. The van der Waals surface area contributed by atoms with E-state index in [2.05, 4.69) is 35.1 Å². The number of fused-ring (bicyclic) bond motifs is 1. The van der Waals surface area contributed by atoms with Crippen molar-refractivity contribution in [1.29, 1.82) is 0 Å². The lowest BCUT2D eigenvalue weighted by Crippen LogP contribution is -1.84. The van der Waals surface area contributed by atoms with Crippen molar-refractivity contribution in [2.24, 2.45) is 0 Å². The number of H-pyrrole nitrogens is 1. The van der Waals surface area contributed by atoms with Gasteiger partial charge in [0.25, 0.3) is 0 Å². The molecule has 0 spiro atoms. The molecule has 0 saturated carbocycles. The summed E-state index contributed by atoms with van der Waals surface area (Å²) in [6.45, 7) is 2.20. The van der Waals surface area contributed by atoms with Gasteiger partial charge in [0.2, 0.25) is 0 Å². The molecule has 2 aromatic heterocycles. The molecule has 3 rings (SSSR count). The first-order chi connectivity index (χ1) is 8.88. The number of pyridine rings is 1. The maximum absolute atomic E-state index is 4.45. The van der Waals surface area contributed by atoms with Gasteiger partial charge in [0, 0.05) is 17.3 Å². The van der Waals surface area contributed by atoms with Gasteiger partial charge in [-0.15, -0.1) is 0 Å². The molecule has 0 bridgehead atoms. The van der Waals surface area contributed by atoms with Crippen molar-refractivity contribution >= 4 is 16.6 Å². The van der Waals surface area contributed by atoms with Gasteiger partial charge < -0.3 is 4.98 Å². The second kappa shape index (κ2) is 4.97. The van der Waals surface area contributed by atoms with E-state index < -0.39 is 0 Å². The molecule has 2 heteroatoms. The van der Waals surface area contributed by atoms with Gasteiger partial charge in [-0.25, -0.2) is 4.98 Å². The van der Waals surface area contributed by atoms with E-state index in [0.717, 1.165) is 12.1 Å². The molecule has 0 amide bonds. The van der Waals surface area contributed by atoms with Crippen molar-refractivity contribution in [1.82, 2.24) is 9.97 Å². The number of nitrogens with zero attached hydrogens (tertiary/aromatic N) is 1. The molecule has 1 aliphatic rings. The summed E-state index contributed by atoms with van der Waals surface area (Å²) in [5.74, 6) is 0. The largest absolute Gasteiger partial charge is 0.339 e. The molecule has 0 saturated heterocycles. The van der Waals surface area contributed by atoms with Crippen LogP contribution in [0.25, 0.3) is 16.6 Å². The van der Waals surface area contributed by atoms with Crippen LogP contribution in [0, 0.1) is 0 Å². The van der Waals surface area contributed by atoms with Crippen molar-refractivity contribution in [3.63, 3.8) is 0 Å². The summed E-state index contributed by atoms with van der Waals surface area (Å²) >= 11 is 0. The minimum absolute atomic E-state index is 1.04. The zero-order valence-electron chi connectivity index (χ0n) is 11.0. The fraction of sp³-hybridized carbons (Fsp3) is 0.438. The third-order valence-electron chi connectivity index (χ3n) is 3.89. The molecule has 18 heavy (non-hydrogen) atoms. The molecule has 0 unspecified atom stereocenters. The van der Waals surface area contributed by atoms with Gasteiger partial charge in [-0.2, -0.15) is 0 Å². The number of nitrogens with one attached hydrogen (secondary N) is 1. The van der Waals surface area contributed by atoms with Gasteiger partial charge in [-0.1, -0.05) is 19.4 Å². The van der Waals surface area contributed by atoms with Gasteiger partial charge in [0.05, 0.1) is 0 Å². The van der Waals surface area contributed by atoms with E-state index in [4.69, 9.17) is 0 Å². The monoisotopic (exact) mass is 240 g/mol. The van der Waals surface area contributed by atoms with Crippen molar-refractivity contribution in [2.75, 3.05) is 0 Å². The van der Waals surface area contributed by atoms with Gasteiger partial charge >= 0.3 is 0 Å². The Hall–Kier alpha value is -1.57. The predicted octanol–water partition coefficient (Wildman–Crippen LogP) is 4.47. The Labute approximate surface area is 108 Å². The number of aryl methyl sites for hydroxylation is 1. The highest BCUT2D eigenvalue weighted by atomic mass is 14.9. The van der Waals surface area contributed by atoms with Gasteiger partial charge in [0.1, 0.15) is 5.65 Å². The lowest BCUT2D eigenvalue weighted by Gasteiger charge is -2.01. The Balaban J connectivity index is 2.05. The van der Waals surface area contributed by atoms with E-state index in [0.29, 0.717) is 0 Å². The molecule has 0 aromatic carbocycles. The summed E-state index contributed by atoms with van der Waals surface area (Å²) in [6.07, 6.45) is 11.8. The van der Waals surface area contributed by atoms with Crippen LogP contribution < -0.4 is 0 Å². The summed E-state index contributed by atoms with van der Waals surface area (Å²) in [6, 6.07) is 4.42. The van der Waals surface area contributed by atoms with Crippen LogP contribution in [0.5, 0.6) is 0 Å². The molecular weight excluding hydrogens is 220 g/mol. The number of aromatic amines is 1. The number of allylic oxidation sites excluding steroid dienone is 2. The van der Waals surface area contributed by atoms with Crippen LogP contribution in [0.3, 0.4) is 0 Å². The van der Waals surface area contributed by atoms with E-state index in [1.165, 1.54) is 54.3 Å². The smallest absolute Gasteiger partial charge is 0.137 e. The maximum Gasteiger partial charge on any atom is 0.137 e. The van der Waals surface area contributed by atoms with E-state index in [1.54, 1.807) is 0 Å². The average molecular weight is 240 g/mol. The zero-order valence-corrected chi connectivity index (χ0v) is 11.0. The Morgan fingerprint density at radius 1 is 1.28 bits per heavy atom. The summed E-state index contributed by atoms with van der Waals surface area (Å²) in [4.78, 5) is 7.93. The van der Waals surface area contributed by atoms with Crippen LogP contribution in [0.1, 0.15) is 50.3 Å². The molecule has 94 valence electrons. The zero-order chi connectivity index (χ0) is 12.4. The normalized spacial score (nSPS) is 16.6. The molecule has 1 N–H and O–H groups in total. The number of hydrogen-bond donors (Lipinski definition) is 1. The third-order valence-corrected chi connectivity index (χ3v) is 3.89. The first-order valence-corrected chi connectivity index (χ1v) is 7.04. The van der Waals surface area contributed by atoms with Crippen LogP contribution in [-0.2, 0) is 6.42 Å². The summed E-state index contributed by atoms with van der Waals surface area (Å²) in [5, 5.41) is 1.29. The maximum atomic E-state index is 4.45. The fourth-order valence-electron chi connectivity index (χ4n) is 2.82. The Morgan fingerprint density at radius 3 is 3.11 bits per heavy atom. The van der Waals surface area contributed by atoms with Gasteiger partial charge in [0.15, 0.2) is 0 Å². The molecule has 2 aromatic rings. The van der Waals surface area contributed by atoms with Crippen molar-refractivity contribution < 1.29 is 0 Å². The standard InChI is InChI=1S/C16H20N2/c1-2-12-9-10-17-16-14(12)11-15(18-16)13-7-5-3-4-6-8-13/h7,9-11H,2-6,8H2,1H3,(H,17,18). The summed E-state index contributed by atoms with van der Waals surface area (Å²) in [5.41, 5.74) is 5.18. The average Bonchev–Trinajstić information content (AvgIpc) is 2.65. The number of aromatic nitrogens is 2. The minimum Gasteiger partial charge on any atom is -0.339 e. The second-order valence-corrected chi connectivity index (χ2v) is 5.10. The summed E-state index contributed by atoms with van der Waals surface area (Å²) in [7, 11) is 0. The van der Waals surface area contributed by atoms with E-state index in [-0.39, 0.29) is 0 Å².